The summed E-state index contributed by atoms with van der Waals surface area (Å²) >= 11 is 5.97. The van der Waals surface area contributed by atoms with Crippen LogP contribution in [0, 0.1) is 5.82 Å². The van der Waals surface area contributed by atoms with Crippen LogP contribution in [-0.4, -0.2) is 27.3 Å². The molecule has 1 aliphatic rings. The zero-order valence-corrected chi connectivity index (χ0v) is 17.0. The molecule has 0 spiro atoms. The molecule has 9 heteroatoms. The molecule has 1 saturated carbocycles. The van der Waals surface area contributed by atoms with Gasteiger partial charge in [0.2, 0.25) is 5.91 Å². The van der Waals surface area contributed by atoms with Gasteiger partial charge < -0.3 is 15.4 Å². The zero-order valence-electron chi connectivity index (χ0n) is 16.3. The largest absolute Gasteiger partial charge is 0.456 e. The van der Waals surface area contributed by atoms with Gasteiger partial charge in [0.15, 0.2) is 0 Å². The van der Waals surface area contributed by atoms with Crippen LogP contribution in [0.15, 0.2) is 61.2 Å². The Kier molecular flexibility index (Phi) is 5.81. The van der Waals surface area contributed by atoms with Crippen molar-refractivity contribution < 1.29 is 18.7 Å². The van der Waals surface area contributed by atoms with E-state index >= 15 is 0 Å². The van der Waals surface area contributed by atoms with Crippen molar-refractivity contribution >= 4 is 23.4 Å². The molecule has 0 radical (unpaired) electrons. The van der Waals surface area contributed by atoms with E-state index in [0.717, 1.165) is 5.56 Å². The van der Waals surface area contributed by atoms with Crippen LogP contribution >= 0.6 is 11.6 Å². The van der Waals surface area contributed by atoms with Gasteiger partial charge in [0.1, 0.15) is 29.2 Å². The number of nitrogens with zero attached hydrogens (tertiary/aromatic N) is 2. The van der Waals surface area contributed by atoms with Gasteiger partial charge in [0, 0.05) is 18.9 Å². The van der Waals surface area contributed by atoms with Crippen molar-refractivity contribution in [2.45, 2.75) is 24.9 Å². The maximum Gasteiger partial charge on any atom is 0.255 e. The molecule has 1 aromatic heterocycles. The van der Waals surface area contributed by atoms with E-state index in [1.54, 1.807) is 24.3 Å². The van der Waals surface area contributed by atoms with E-state index < -0.39 is 11.4 Å². The molecule has 7 nitrogen and oxygen atoms in total. The minimum absolute atomic E-state index is 0.176. The molecule has 3 aromatic rings. The lowest BCUT2D eigenvalue weighted by molar-refractivity contribution is -0.124. The molecule has 31 heavy (non-hydrogen) atoms. The van der Waals surface area contributed by atoms with Gasteiger partial charge in [-0.3, -0.25) is 9.59 Å². The lowest BCUT2D eigenvalue weighted by Gasteiger charge is -2.17. The van der Waals surface area contributed by atoms with Crippen LogP contribution < -0.4 is 15.4 Å². The molecular weight excluding hydrogens is 423 g/mol. The molecule has 0 aliphatic heterocycles. The average molecular weight is 441 g/mol. The van der Waals surface area contributed by atoms with Crippen molar-refractivity contribution in [2.24, 2.45) is 0 Å². The van der Waals surface area contributed by atoms with Crippen molar-refractivity contribution in [1.29, 1.82) is 0 Å². The number of hydrogen-bond donors (Lipinski definition) is 2. The van der Waals surface area contributed by atoms with E-state index in [1.165, 1.54) is 36.9 Å². The molecule has 0 bridgehead atoms. The van der Waals surface area contributed by atoms with Gasteiger partial charge >= 0.3 is 0 Å². The number of aromatic nitrogens is 2. The van der Waals surface area contributed by atoms with Crippen LogP contribution in [0.25, 0.3) is 0 Å². The lowest BCUT2D eigenvalue weighted by Crippen LogP contribution is -2.48. The predicted octanol–water partition coefficient (Wildman–Crippen LogP) is 3.64. The van der Waals surface area contributed by atoms with Gasteiger partial charge in [0.05, 0.1) is 10.6 Å². The van der Waals surface area contributed by atoms with E-state index in [1.807, 2.05) is 0 Å². The van der Waals surface area contributed by atoms with Crippen molar-refractivity contribution in [3.63, 3.8) is 0 Å². The van der Waals surface area contributed by atoms with Crippen molar-refractivity contribution in [2.75, 3.05) is 0 Å². The lowest BCUT2D eigenvalue weighted by atomic mass is 10.2. The number of hydrogen-bond acceptors (Lipinski definition) is 5. The quantitative estimate of drug-likeness (QED) is 0.585. The minimum Gasteiger partial charge on any atom is -0.456 e. The molecule has 2 amide bonds. The van der Waals surface area contributed by atoms with Crippen molar-refractivity contribution in [3.05, 3.63) is 83.2 Å². The third kappa shape index (κ3) is 4.97. The van der Waals surface area contributed by atoms with Gasteiger partial charge in [-0.1, -0.05) is 23.7 Å². The van der Waals surface area contributed by atoms with E-state index in [-0.39, 0.29) is 16.8 Å². The first kappa shape index (κ1) is 20.7. The first-order chi connectivity index (χ1) is 14.9. The Morgan fingerprint density at radius 2 is 1.81 bits per heavy atom. The number of carbonyl (C=O) groups is 2. The monoisotopic (exact) mass is 440 g/mol. The molecule has 2 aromatic carbocycles. The first-order valence-corrected chi connectivity index (χ1v) is 9.91. The van der Waals surface area contributed by atoms with Gasteiger partial charge in [0.25, 0.3) is 5.91 Å². The van der Waals surface area contributed by atoms with E-state index in [4.69, 9.17) is 16.3 Å². The minimum atomic E-state index is -0.894. The fourth-order valence-corrected chi connectivity index (χ4v) is 3.16. The Hall–Kier alpha value is -3.52. The second-order valence-electron chi connectivity index (χ2n) is 7.17. The van der Waals surface area contributed by atoms with Crippen LogP contribution in [0.1, 0.15) is 28.8 Å². The Morgan fingerprint density at radius 1 is 1.10 bits per heavy atom. The van der Waals surface area contributed by atoms with Gasteiger partial charge in [-0.05, 0) is 48.7 Å². The highest BCUT2D eigenvalue weighted by Crippen LogP contribution is 2.36. The van der Waals surface area contributed by atoms with E-state index in [0.29, 0.717) is 36.4 Å². The summed E-state index contributed by atoms with van der Waals surface area (Å²) in [6, 6.07) is 11.0. The molecule has 2 N–H and O–H groups in total. The fraction of sp³-hybridized carbons (Fsp3) is 0.182. The van der Waals surface area contributed by atoms with E-state index in [2.05, 4.69) is 20.6 Å². The number of ether oxygens (including phenoxy) is 1. The van der Waals surface area contributed by atoms with Gasteiger partial charge in [-0.15, -0.1) is 0 Å². The summed E-state index contributed by atoms with van der Waals surface area (Å²) in [6.07, 6.45) is 5.28. The Bertz CT molecular complexity index is 1110. The van der Waals surface area contributed by atoms with Crippen molar-refractivity contribution in [3.8, 4) is 11.5 Å². The maximum absolute atomic E-state index is 13.1. The summed E-state index contributed by atoms with van der Waals surface area (Å²) in [5.41, 5.74) is 0.262. The Labute approximate surface area is 182 Å². The second kappa shape index (κ2) is 8.69. The molecule has 0 unspecified atom stereocenters. The molecule has 158 valence electrons. The van der Waals surface area contributed by atoms with Crippen LogP contribution in [0.5, 0.6) is 11.5 Å². The highest BCUT2D eigenvalue weighted by molar-refractivity contribution is 6.32. The average Bonchev–Trinajstić information content (AvgIpc) is 3.56. The molecule has 1 aliphatic carbocycles. The number of benzene rings is 2. The number of carbonyl (C=O) groups excluding carboxylic acids is 2. The van der Waals surface area contributed by atoms with Gasteiger partial charge in [-0.25, -0.2) is 14.4 Å². The molecule has 0 atom stereocenters. The number of halogens is 2. The van der Waals surface area contributed by atoms with Crippen LogP contribution in [-0.2, 0) is 11.3 Å². The van der Waals surface area contributed by atoms with Crippen LogP contribution in [0.4, 0.5) is 4.39 Å². The summed E-state index contributed by atoms with van der Waals surface area (Å²) in [5, 5.41) is 5.81. The second-order valence-corrected chi connectivity index (χ2v) is 7.57. The molecular formula is C22H18ClFN4O3. The van der Waals surface area contributed by atoms with Crippen LogP contribution in [0.3, 0.4) is 0 Å². The molecule has 0 saturated heterocycles. The summed E-state index contributed by atoms with van der Waals surface area (Å²) in [4.78, 5) is 32.5. The van der Waals surface area contributed by atoms with Crippen LogP contribution in [0.2, 0.25) is 5.02 Å². The highest BCUT2D eigenvalue weighted by atomic mass is 35.5. The summed E-state index contributed by atoms with van der Waals surface area (Å²) in [5.74, 6) is -0.186. The number of amides is 2. The summed E-state index contributed by atoms with van der Waals surface area (Å²) in [6.45, 7) is 0.294. The highest BCUT2D eigenvalue weighted by Gasteiger charge is 2.51. The third-order valence-electron chi connectivity index (χ3n) is 4.86. The number of rotatable bonds is 7. The predicted molar refractivity (Wildman–Crippen MR) is 111 cm³/mol. The normalized spacial score (nSPS) is 13.9. The first-order valence-electron chi connectivity index (χ1n) is 9.53. The maximum atomic E-state index is 13.1. The summed E-state index contributed by atoms with van der Waals surface area (Å²) in [7, 11) is 0. The third-order valence-corrected chi connectivity index (χ3v) is 5.15. The standard InChI is InChI=1S/C22H18ClFN4O3/c23-18-9-16(24)3-6-19(18)31-17-4-1-14(2-5-17)10-27-21(30)22(7-8-22)28-20(29)15-11-25-13-26-12-15/h1-6,9,11-13H,7-8,10H2,(H,27,30)(H,28,29). The summed E-state index contributed by atoms with van der Waals surface area (Å²) < 4.78 is 18.8. The molecule has 1 heterocycles. The smallest absolute Gasteiger partial charge is 0.255 e. The molecule has 4 rings (SSSR count). The number of nitrogens with one attached hydrogen (secondary N) is 2. The topological polar surface area (TPSA) is 93.2 Å². The molecule has 1 fully saturated rings. The Morgan fingerprint density at radius 3 is 2.45 bits per heavy atom. The SMILES string of the molecule is O=C(NC1(C(=O)NCc2ccc(Oc3ccc(F)cc3Cl)cc2)CC1)c1cncnc1. The fourth-order valence-electron chi connectivity index (χ4n) is 2.95. The Balaban J connectivity index is 1.31. The van der Waals surface area contributed by atoms with Gasteiger partial charge in [-0.2, -0.15) is 0 Å². The van der Waals surface area contributed by atoms with Crippen molar-refractivity contribution in [1.82, 2.24) is 20.6 Å². The zero-order chi connectivity index (χ0) is 21.8. The van der Waals surface area contributed by atoms with E-state index in [9.17, 15) is 14.0 Å².